The minimum Gasteiger partial charge on any atom is -0.494 e. The molecule has 5 rings (SSSR count). The third-order valence-electron chi connectivity index (χ3n) is 5.21. The van der Waals surface area contributed by atoms with Gasteiger partial charge in [-0.25, -0.2) is 9.78 Å². The molecule has 3 saturated heterocycles. The van der Waals surface area contributed by atoms with Gasteiger partial charge in [0.1, 0.15) is 22.4 Å². The monoisotopic (exact) mass is 436 g/mol. The summed E-state index contributed by atoms with van der Waals surface area (Å²) in [6.45, 7) is 7.21. The number of halogens is 1. The molecule has 146 valence electrons. The third kappa shape index (κ3) is 3.03. The van der Waals surface area contributed by atoms with Crippen LogP contribution in [-0.4, -0.2) is 58.4 Å². The molecule has 1 aromatic heterocycles. The van der Waals surface area contributed by atoms with Gasteiger partial charge in [0.15, 0.2) is 0 Å². The Morgan fingerprint density at radius 1 is 1.26 bits per heavy atom. The molecule has 2 atom stereocenters. The van der Waals surface area contributed by atoms with Crippen LogP contribution in [0.1, 0.15) is 27.2 Å². The molecule has 0 N–H and O–H groups in total. The molecule has 0 saturated carbocycles. The molecule has 2 aromatic rings. The lowest BCUT2D eigenvalue weighted by Crippen LogP contribution is -2.71. The van der Waals surface area contributed by atoms with Crippen molar-refractivity contribution in [2.24, 2.45) is 7.05 Å². The Bertz CT molecular complexity index is 892. The van der Waals surface area contributed by atoms with Gasteiger partial charge >= 0.3 is 6.09 Å². The van der Waals surface area contributed by atoms with Crippen molar-refractivity contribution in [3.8, 4) is 5.75 Å². The largest absolute Gasteiger partial charge is 0.494 e. The zero-order valence-electron chi connectivity index (χ0n) is 16.3. The van der Waals surface area contributed by atoms with Crippen LogP contribution >= 0.6 is 15.9 Å². The Morgan fingerprint density at radius 3 is 2.52 bits per heavy atom. The molecule has 3 fully saturated rings. The fraction of sp³-hybridized carbons (Fsp3) is 0.579. The van der Waals surface area contributed by atoms with Crippen LogP contribution in [0.25, 0.3) is 11.0 Å². The molecule has 8 heteroatoms. The maximum atomic E-state index is 12.5. The summed E-state index contributed by atoms with van der Waals surface area (Å²) in [7, 11) is 3.68. The highest BCUT2D eigenvalue weighted by molar-refractivity contribution is 9.10. The summed E-state index contributed by atoms with van der Waals surface area (Å²) in [4.78, 5) is 21.5. The van der Waals surface area contributed by atoms with E-state index in [1.807, 2.05) is 44.9 Å². The first kappa shape index (κ1) is 18.4. The number of carbonyl (C=O) groups excluding carboxylic acids is 1. The molecule has 4 heterocycles. The fourth-order valence-electron chi connectivity index (χ4n) is 4.08. The van der Waals surface area contributed by atoms with E-state index in [1.54, 1.807) is 7.11 Å². The maximum Gasteiger partial charge on any atom is 0.410 e. The zero-order chi connectivity index (χ0) is 19.5. The summed E-state index contributed by atoms with van der Waals surface area (Å²) in [5.74, 6) is 1.70. The third-order valence-corrected chi connectivity index (χ3v) is 5.85. The normalized spacial score (nSPS) is 22.0. The molecule has 3 aliphatic heterocycles. The number of carbonyl (C=O) groups is 1. The Labute approximate surface area is 167 Å². The summed E-state index contributed by atoms with van der Waals surface area (Å²) in [6, 6.07) is 4.23. The molecular formula is C19H25BrN4O3. The maximum absolute atomic E-state index is 12.5. The first-order valence-corrected chi connectivity index (χ1v) is 9.94. The summed E-state index contributed by atoms with van der Waals surface area (Å²) in [5.41, 5.74) is 1.38. The quantitative estimate of drug-likeness (QED) is 0.720. The number of rotatable bonds is 2. The predicted molar refractivity (Wildman–Crippen MR) is 107 cm³/mol. The SMILES string of the molecule is COc1ccc(Br)c2nc(N3CC4CC(C3)N4C(=O)OC(C)(C)C)n(C)c12. The van der Waals surface area contributed by atoms with Crippen molar-refractivity contribution in [2.75, 3.05) is 25.1 Å². The second kappa shape index (κ2) is 6.29. The van der Waals surface area contributed by atoms with Gasteiger partial charge in [0.2, 0.25) is 5.95 Å². The van der Waals surface area contributed by atoms with E-state index in [-0.39, 0.29) is 18.2 Å². The topological polar surface area (TPSA) is 59.8 Å². The average Bonchev–Trinajstić information content (AvgIpc) is 2.92. The Hall–Kier alpha value is -1.96. The summed E-state index contributed by atoms with van der Waals surface area (Å²) in [6.07, 6.45) is 0.810. The highest BCUT2D eigenvalue weighted by Gasteiger charge is 2.49. The van der Waals surface area contributed by atoms with Gasteiger partial charge in [-0.1, -0.05) is 0 Å². The molecule has 3 aliphatic rings. The molecule has 0 radical (unpaired) electrons. The van der Waals surface area contributed by atoms with E-state index in [0.717, 1.165) is 46.7 Å². The number of aryl methyl sites for hydroxylation is 1. The molecule has 0 aliphatic carbocycles. The van der Waals surface area contributed by atoms with E-state index < -0.39 is 5.60 Å². The van der Waals surface area contributed by atoms with E-state index in [1.165, 1.54) is 0 Å². The highest BCUT2D eigenvalue weighted by Crippen LogP contribution is 2.38. The Kier molecular flexibility index (Phi) is 4.29. The van der Waals surface area contributed by atoms with Gasteiger partial charge in [-0.3, -0.25) is 4.90 Å². The van der Waals surface area contributed by atoms with E-state index in [4.69, 9.17) is 14.5 Å². The molecule has 1 aromatic carbocycles. The minimum absolute atomic E-state index is 0.170. The van der Waals surface area contributed by atoms with E-state index in [2.05, 4.69) is 25.4 Å². The van der Waals surface area contributed by atoms with Gasteiger partial charge in [0.05, 0.1) is 19.2 Å². The van der Waals surface area contributed by atoms with Gasteiger partial charge in [0.25, 0.3) is 0 Å². The molecule has 1 amide bonds. The van der Waals surface area contributed by atoms with Crippen molar-refractivity contribution >= 4 is 39.0 Å². The number of amides is 1. The number of anilines is 1. The van der Waals surface area contributed by atoms with E-state index in [0.29, 0.717) is 0 Å². The number of benzene rings is 1. The number of aromatic nitrogens is 2. The molecule has 7 nitrogen and oxygen atoms in total. The molecule has 2 bridgehead atoms. The number of imidazole rings is 1. The van der Waals surface area contributed by atoms with Crippen molar-refractivity contribution in [3.05, 3.63) is 16.6 Å². The number of ether oxygens (including phenoxy) is 2. The molecule has 27 heavy (non-hydrogen) atoms. The van der Waals surface area contributed by atoms with Crippen molar-refractivity contribution < 1.29 is 14.3 Å². The van der Waals surface area contributed by atoms with Gasteiger partial charge in [-0.2, -0.15) is 0 Å². The highest BCUT2D eigenvalue weighted by atomic mass is 79.9. The van der Waals surface area contributed by atoms with Gasteiger partial charge in [-0.15, -0.1) is 0 Å². The zero-order valence-corrected chi connectivity index (χ0v) is 17.9. The standard InChI is InChI=1S/C19H25BrN4O3/c1-19(2,3)27-18(25)24-11-8-12(24)10-23(9-11)17-21-15-13(20)6-7-14(26-5)16(15)22(17)4/h6-7,11-12H,8-10H2,1-5H3. The summed E-state index contributed by atoms with van der Waals surface area (Å²) < 4.78 is 14.1. The molecule has 0 spiro atoms. The van der Waals surface area contributed by atoms with Crippen LogP contribution in [-0.2, 0) is 11.8 Å². The lowest BCUT2D eigenvalue weighted by Gasteiger charge is -2.55. The van der Waals surface area contributed by atoms with Gasteiger partial charge in [0, 0.05) is 24.6 Å². The summed E-state index contributed by atoms with van der Waals surface area (Å²) in [5, 5.41) is 0. The van der Waals surface area contributed by atoms with Crippen molar-refractivity contribution in [1.29, 1.82) is 0 Å². The van der Waals surface area contributed by atoms with E-state index in [9.17, 15) is 4.79 Å². The number of piperazine rings is 1. The smallest absolute Gasteiger partial charge is 0.410 e. The fourth-order valence-corrected chi connectivity index (χ4v) is 4.48. The number of fused-ring (bicyclic) bond motifs is 3. The summed E-state index contributed by atoms with van der Waals surface area (Å²) >= 11 is 3.59. The number of piperidine rings is 1. The lowest BCUT2D eigenvalue weighted by atomic mass is 9.88. The van der Waals surface area contributed by atoms with Gasteiger partial charge in [-0.05, 0) is 55.3 Å². The predicted octanol–water partition coefficient (Wildman–Crippen LogP) is 3.54. The van der Waals surface area contributed by atoms with Crippen LogP contribution in [0.3, 0.4) is 0 Å². The minimum atomic E-state index is -0.471. The van der Waals surface area contributed by atoms with Crippen LogP contribution in [0.15, 0.2) is 16.6 Å². The lowest BCUT2D eigenvalue weighted by molar-refractivity contribution is -0.0382. The van der Waals surface area contributed by atoms with Crippen molar-refractivity contribution in [3.63, 3.8) is 0 Å². The molecular weight excluding hydrogens is 412 g/mol. The van der Waals surface area contributed by atoms with Crippen LogP contribution in [0.5, 0.6) is 5.75 Å². The molecule has 2 unspecified atom stereocenters. The number of nitrogens with zero attached hydrogens (tertiary/aromatic N) is 4. The van der Waals surface area contributed by atoms with Crippen LogP contribution in [0, 0.1) is 0 Å². The van der Waals surface area contributed by atoms with Gasteiger partial charge < -0.3 is 18.9 Å². The van der Waals surface area contributed by atoms with E-state index >= 15 is 0 Å². The number of hydrogen-bond donors (Lipinski definition) is 0. The van der Waals surface area contributed by atoms with Crippen molar-refractivity contribution in [2.45, 2.75) is 44.9 Å². The number of hydrogen-bond acceptors (Lipinski definition) is 5. The Morgan fingerprint density at radius 2 is 1.93 bits per heavy atom. The van der Waals surface area contributed by atoms with Crippen LogP contribution in [0.2, 0.25) is 0 Å². The Balaban J connectivity index is 1.58. The first-order chi connectivity index (χ1) is 12.7. The first-order valence-electron chi connectivity index (χ1n) is 9.15. The number of methoxy groups -OCH3 is 1. The second-order valence-corrected chi connectivity index (χ2v) is 9.11. The second-order valence-electron chi connectivity index (χ2n) is 8.25. The van der Waals surface area contributed by atoms with Crippen molar-refractivity contribution in [1.82, 2.24) is 14.5 Å². The van der Waals surface area contributed by atoms with Crippen LogP contribution in [0.4, 0.5) is 10.7 Å². The van der Waals surface area contributed by atoms with Crippen LogP contribution < -0.4 is 9.64 Å². The average molecular weight is 437 g/mol.